The van der Waals surface area contributed by atoms with Crippen LogP contribution in [0.1, 0.15) is 303 Å². The Morgan fingerprint density at radius 3 is 0.969 bits per heavy atom. The Hall–Kier alpha value is -1.47. The van der Waals surface area contributed by atoms with Gasteiger partial charge in [0.05, 0.1) is 18.8 Å². The summed E-state index contributed by atoms with van der Waals surface area (Å²) in [5.41, 5.74) is 0. The fourth-order valence-electron chi connectivity index (χ4n) is 9.03. The van der Waals surface area contributed by atoms with Crippen LogP contribution in [0.15, 0.2) is 36.5 Å². The van der Waals surface area contributed by atoms with E-state index in [-0.39, 0.29) is 0 Å². The van der Waals surface area contributed by atoms with Crippen molar-refractivity contribution in [2.75, 3.05) is 6.61 Å². The van der Waals surface area contributed by atoms with Crippen LogP contribution in [-0.4, -0.2) is 57.3 Å². The van der Waals surface area contributed by atoms with E-state index in [4.69, 9.17) is 0 Å². The molecule has 1 amide bonds. The smallest absolute Gasteiger partial charge is 0.249 e. The zero-order valence-electron chi connectivity index (χ0n) is 43.5. The molecule has 0 aromatic carbocycles. The summed E-state index contributed by atoms with van der Waals surface area (Å²) in [7, 11) is 0. The number of rotatable bonds is 53. The van der Waals surface area contributed by atoms with E-state index in [0.29, 0.717) is 19.3 Å². The van der Waals surface area contributed by atoms with Gasteiger partial charge in [0.25, 0.3) is 0 Å². The topological polar surface area (TPSA) is 110 Å². The summed E-state index contributed by atoms with van der Waals surface area (Å²) in [4.78, 5) is 12.6. The minimum Gasteiger partial charge on any atom is -0.394 e. The zero-order chi connectivity index (χ0) is 47.4. The molecule has 0 aliphatic heterocycles. The Morgan fingerprint density at radius 2 is 0.646 bits per heavy atom. The number of aliphatic hydroxyl groups is 4. The standard InChI is InChI=1S/C59H113NO5/c1-3-5-7-9-11-13-15-17-19-21-23-25-26-27-28-29-30-31-33-35-37-39-41-43-45-47-49-51-53-57(63)59(65)60-55(54-61)58(64)56(62)52-50-48-46-44-42-40-38-36-34-32-24-22-20-18-16-14-12-10-8-6-4-2/h22,24,36,38,44,46,55-58,61-64H,3-21,23,25-35,37,39-43,45,47-54H2,1-2H3,(H,60,65)/b24-22+,38-36+,46-44+. The Balaban J connectivity index is 3.65. The number of allylic oxidation sites excluding steroid dienone is 6. The molecule has 0 heterocycles. The van der Waals surface area contributed by atoms with Crippen LogP contribution in [0.3, 0.4) is 0 Å². The average Bonchev–Trinajstić information content (AvgIpc) is 3.31. The van der Waals surface area contributed by atoms with Crippen molar-refractivity contribution in [1.29, 1.82) is 0 Å². The zero-order valence-corrected chi connectivity index (χ0v) is 43.5. The highest BCUT2D eigenvalue weighted by atomic mass is 16.3. The molecule has 6 heteroatoms. The summed E-state index contributed by atoms with van der Waals surface area (Å²) in [5.74, 6) is -0.595. The van der Waals surface area contributed by atoms with Crippen LogP contribution < -0.4 is 5.32 Å². The molecule has 0 aromatic rings. The first kappa shape index (κ1) is 63.5. The predicted octanol–water partition coefficient (Wildman–Crippen LogP) is 16.8. The summed E-state index contributed by atoms with van der Waals surface area (Å²) >= 11 is 0. The molecule has 0 saturated carbocycles. The van der Waals surface area contributed by atoms with E-state index in [0.717, 1.165) is 51.4 Å². The molecule has 4 unspecified atom stereocenters. The van der Waals surface area contributed by atoms with Gasteiger partial charge in [0, 0.05) is 0 Å². The number of carbonyl (C=O) groups is 1. The van der Waals surface area contributed by atoms with Gasteiger partial charge in [0.2, 0.25) is 5.91 Å². The highest BCUT2D eigenvalue weighted by Crippen LogP contribution is 2.18. The lowest BCUT2D eigenvalue weighted by atomic mass is 10.00. The van der Waals surface area contributed by atoms with Crippen molar-refractivity contribution in [3.8, 4) is 0 Å². The maximum absolute atomic E-state index is 12.6. The van der Waals surface area contributed by atoms with Crippen LogP contribution in [0.2, 0.25) is 0 Å². The minimum atomic E-state index is -1.29. The monoisotopic (exact) mass is 916 g/mol. The lowest BCUT2D eigenvalue weighted by Crippen LogP contribution is -2.53. The quantitative estimate of drug-likeness (QED) is 0.0308. The van der Waals surface area contributed by atoms with Gasteiger partial charge < -0.3 is 25.7 Å². The van der Waals surface area contributed by atoms with Gasteiger partial charge in [-0.1, -0.05) is 275 Å². The van der Waals surface area contributed by atoms with Gasteiger partial charge in [0.1, 0.15) is 12.2 Å². The van der Waals surface area contributed by atoms with Crippen molar-refractivity contribution >= 4 is 5.91 Å². The molecule has 0 rings (SSSR count). The summed E-state index contributed by atoms with van der Waals surface area (Å²) in [6.45, 7) is 4.07. The van der Waals surface area contributed by atoms with E-state index in [1.807, 2.05) is 0 Å². The van der Waals surface area contributed by atoms with Crippen molar-refractivity contribution in [3.05, 3.63) is 36.5 Å². The maximum atomic E-state index is 12.6. The van der Waals surface area contributed by atoms with Gasteiger partial charge in [-0.15, -0.1) is 0 Å². The largest absolute Gasteiger partial charge is 0.394 e. The molecule has 6 nitrogen and oxygen atoms in total. The fourth-order valence-corrected chi connectivity index (χ4v) is 9.03. The van der Waals surface area contributed by atoms with Crippen LogP contribution in [0.4, 0.5) is 0 Å². The molecule has 0 bridgehead atoms. The normalized spacial score (nSPS) is 14.0. The van der Waals surface area contributed by atoms with E-state index < -0.39 is 36.9 Å². The lowest BCUT2D eigenvalue weighted by molar-refractivity contribution is -0.132. The summed E-state index contributed by atoms with van der Waals surface area (Å²) in [6, 6.07) is -1.01. The molecule has 0 saturated heterocycles. The Morgan fingerprint density at radius 1 is 0.369 bits per heavy atom. The van der Waals surface area contributed by atoms with Crippen LogP contribution >= 0.6 is 0 Å². The van der Waals surface area contributed by atoms with Crippen molar-refractivity contribution in [1.82, 2.24) is 5.32 Å². The summed E-state index contributed by atoms with van der Waals surface area (Å²) in [5, 5.41) is 44.0. The highest BCUT2D eigenvalue weighted by molar-refractivity contribution is 5.80. The third-order valence-electron chi connectivity index (χ3n) is 13.6. The number of nitrogens with one attached hydrogen (secondary N) is 1. The number of unbranched alkanes of at least 4 members (excludes halogenated alkanes) is 38. The molecule has 384 valence electrons. The lowest BCUT2D eigenvalue weighted by Gasteiger charge is -2.27. The first-order chi connectivity index (χ1) is 32.0. The van der Waals surface area contributed by atoms with Gasteiger partial charge >= 0.3 is 0 Å². The Kier molecular flexibility index (Phi) is 52.3. The number of hydrogen-bond acceptors (Lipinski definition) is 5. The second-order valence-electron chi connectivity index (χ2n) is 20.0. The summed E-state index contributed by atoms with van der Waals surface area (Å²) < 4.78 is 0. The van der Waals surface area contributed by atoms with Gasteiger partial charge in [-0.2, -0.15) is 0 Å². The first-order valence-electron chi connectivity index (χ1n) is 28.9. The predicted molar refractivity (Wildman–Crippen MR) is 284 cm³/mol. The third-order valence-corrected chi connectivity index (χ3v) is 13.6. The van der Waals surface area contributed by atoms with Crippen molar-refractivity contribution in [2.45, 2.75) is 327 Å². The SMILES string of the molecule is CCCCCCCCCC/C=C/CC/C=C/CC/C=C/CCCC(O)C(O)C(CO)NC(=O)C(O)CCCCCCCCCCCCCCCCCCCCCCCCCCCCCC. The summed E-state index contributed by atoms with van der Waals surface area (Å²) in [6.07, 6.45) is 66.5. The molecular formula is C59H113NO5. The van der Waals surface area contributed by atoms with E-state index in [1.165, 1.54) is 218 Å². The van der Waals surface area contributed by atoms with E-state index in [2.05, 4.69) is 55.6 Å². The van der Waals surface area contributed by atoms with E-state index in [1.54, 1.807) is 0 Å². The number of hydrogen-bond donors (Lipinski definition) is 5. The van der Waals surface area contributed by atoms with E-state index >= 15 is 0 Å². The number of carbonyl (C=O) groups excluding carboxylic acids is 1. The number of amides is 1. The van der Waals surface area contributed by atoms with Crippen LogP contribution in [0, 0.1) is 0 Å². The Labute approximate surface area is 405 Å². The van der Waals surface area contributed by atoms with Gasteiger partial charge in [-0.05, 0) is 64.2 Å². The molecule has 65 heavy (non-hydrogen) atoms. The molecule has 0 aliphatic carbocycles. The van der Waals surface area contributed by atoms with Crippen LogP contribution in [0.5, 0.6) is 0 Å². The molecule has 0 fully saturated rings. The molecule has 0 aliphatic rings. The minimum absolute atomic E-state index is 0.362. The number of aliphatic hydroxyl groups excluding tert-OH is 4. The van der Waals surface area contributed by atoms with Crippen molar-refractivity contribution in [3.63, 3.8) is 0 Å². The fraction of sp³-hybridized carbons (Fsp3) is 0.881. The van der Waals surface area contributed by atoms with Crippen molar-refractivity contribution < 1.29 is 25.2 Å². The average molecular weight is 917 g/mol. The second-order valence-corrected chi connectivity index (χ2v) is 20.0. The third kappa shape index (κ3) is 47.4. The molecule has 0 radical (unpaired) electrons. The molecular weight excluding hydrogens is 803 g/mol. The maximum Gasteiger partial charge on any atom is 0.249 e. The van der Waals surface area contributed by atoms with Gasteiger partial charge in [0.15, 0.2) is 0 Å². The molecule has 5 N–H and O–H groups in total. The second kappa shape index (κ2) is 53.5. The first-order valence-corrected chi connectivity index (χ1v) is 28.9. The Bertz CT molecular complexity index is 1030. The molecule has 0 spiro atoms. The molecule has 4 atom stereocenters. The van der Waals surface area contributed by atoms with Crippen molar-refractivity contribution in [2.24, 2.45) is 0 Å². The highest BCUT2D eigenvalue weighted by Gasteiger charge is 2.28. The van der Waals surface area contributed by atoms with Crippen LogP contribution in [-0.2, 0) is 4.79 Å². The van der Waals surface area contributed by atoms with Crippen LogP contribution in [0.25, 0.3) is 0 Å². The van der Waals surface area contributed by atoms with Gasteiger partial charge in [-0.3, -0.25) is 4.79 Å². The van der Waals surface area contributed by atoms with E-state index in [9.17, 15) is 25.2 Å². The molecule has 0 aromatic heterocycles. The van der Waals surface area contributed by atoms with Gasteiger partial charge in [-0.25, -0.2) is 0 Å².